The lowest BCUT2D eigenvalue weighted by Gasteiger charge is -2.28. The average molecular weight is 385 g/mol. The Kier molecular flexibility index (Phi) is 5.37. The first-order valence-corrected chi connectivity index (χ1v) is 10.5. The van der Waals surface area contributed by atoms with Gasteiger partial charge in [-0.2, -0.15) is 0 Å². The van der Waals surface area contributed by atoms with E-state index < -0.39 is 15.9 Å². The van der Waals surface area contributed by atoms with Gasteiger partial charge < -0.3 is 9.64 Å². The lowest BCUT2D eigenvalue weighted by atomic mass is 10.1. The molecule has 0 fully saturated rings. The van der Waals surface area contributed by atoms with Crippen LogP contribution in [0.15, 0.2) is 60.0 Å². The second-order valence-electron chi connectivity index (χ2n) is 6.93. The van der Waals surface area contributed by atoms with Crippen molar-refractivity contribution in [1.82, 2.24) is 0 Å². The Morgan fingerprint density at radius 1 is 1.07 bits per heavy atom. The lowest BCUT2D eigenvalue weighted by molar-refractivity contribution is 0.0983. The van der Waals surface area contributed by atoms with E-state index in [9.17, 15) is 13.2 Å². The largest absolute Gasteiger partial charge is 0.491 e. The predicted octanol–water partition coefficient (Wildman–Crippen LogP) is 3.74. The minimum atomic E-state index is -3.29. The molecule has 1 aliphatic rings. The fraction of sp³-hybridized carbons (Fsp3) is 0.286. The van der Waals surface area contributed by atoms with Crippen LogP contribution < -0.4 is 9.64 Å². The standard InChI is InChI=1S/C21H23NO4S/c1-15(2)26-20-10-6-17(7-11-20)21(23)22(18-8-4-16(3)5-9-18)19-12-13-27(24,25)14-19/h4-13,15,19H,14H2,1-3H3/t19-/m1/s1. The molecule has 2 aromatic carbocycles. The Morgan fingerprint density at radius 3 is 2.22 bits per heavy atom. The molecule has 1 atom stereocenters. The van der Waals surface area contributed by atoms with Crippen molar-refractivity contribution < 1.29 is 17.9 Å². The van der Waals surface area contributed by atoms with Gasteiger partial charge in [-0.3, -0.25) is 4.79 Å². The molecule has 0 spiro atoms. The second-order valence-corrected chi connectivity index (χ2v) is 8.86. The van der Waals surface area contributed by atoms with Crippen molar-refractivity contribution in [3.05, 3.63) is 71.1 Å². The van der Waals surface area contributed by atoms with E-state index in [2.05, 4.69) is 0 Å². The number of aryl methyl sites for hydroxylation is 1. The molecule has 5 nitrogen and oxygen atoms in total. The van der Waals surface area contributed by atoms with Gasteiger partial charge in [0.05, 0.1) is 17.9 Å². The van der Waals surface area contributed by atoms with Gasteiger partial charge in [-0.15, -0.1) is 0 Å². The molecule has 3 rings (SSSR count). The number of carbonyl (C=O) groups excluding carboxylic acids is 1. The molecular weight excluding hydrogens is 362 g/mol. The Hall–Kier alpha value is -2.60. The van der Waals surface area contributed by atoms with Crippen molar-refractivity contribution in [2.24, 2.45) is 0 Å². The molecule has 0 radical (unpaired) electrons. The quantitative estimate of drug-likeness (QED) is 0.787. The van der Waals surface area contributed by atoms with Crippen LogP contribution >= 0.6 is 0 Å². The first-order valence-electron chi connectivity index (χ1n) is 8.83. The van der Waals surface area contributed by atoms with Crippen LogP contribution in [0.25, 0.3) is 0 Å². The van der Waals surface area contributed by atoms with Gasteiger partial charge in [0.15, 0.2) is 9.84 Å². The lowest BCUT2D eigenvalue weighted by Crippen LogP contribution is -2.41. The fourth-order valence-electron chi connectivity index (χ4n) is 2.97. The number of hydrogen-bond acceptors (Lipinski definition) is 4. The second kappa shape index (κ2) is 7.56. The van der Waals surface area contributed by atoms with E-state index in [1.807, 2.05) is 45.0 Å². The van der Waals surface area contributed by atoms with Gasteiger partial charge in [-0.25, -0.2) is 8.42 Å². The van der Waals surface area contributed by atoms with E-state index in [0.29, 0.717) is 17.0 Å². The summed E-state index contributed by atoms with van der Waals surface area (Å²) in [6.45, 7) is 5.83. The van der Waals surface area contributed by atoms with Crippen LogP contribution in [0.1, 0.15) is 29.8 Å². The molecular formula is C21H23NO4S. The molecule has 142 valence electrons. The SMILES string of the molecule is Cc1ccc(N(C(=O)c2ccc(OC(C)C)cc2)[C@@H]2C=CS(=O)(=O)C2)cc1. The third kappa shape index (κ3) is 4.57. The zero-order valence-corrected chi connectivity index (χ0v) is 16.4. The van der Waals surface area contributed by atoms with E-state index in [4.69, 9.17) is 4.74 Å². The summed E-state index contributed by atoms with van der Waals surface area (Å²) in [6.07, 6.45) is 1.62. The van der Waals surface area contributed by atoms with Crippen LogP contribution in [-0.4, -0.2) is 32.2 Å². The molecule has 0 aliphatic carbocycles. The monoisotopic (exact) mass is 385 g/mol. The van der Waals surface area contributed by atoms with E-state index in [1.54, 1.807) is 35.2 Å². The number of amides is 1. The molecule has 1 aliphatic heterocycles. The van der Waals surface area contributed by atoms with E-state index in [-0.39, 0.29) is 17.8 Å². The summed E-state index contributed by atoms with van der Waals surface area (Å²) in [5.74, 6) is 0.328. The molecule has 0 unspecified atom stereocenters. The molecule has 0 saturated carbocycles. The van der Waals surface area contributed by atoms with Crippen molar-refractivity contribution in [2.75, 3.05) is 10.7 Å². The zero-order chi connectivity index (χ0) is 19.6. The Bertz CT molecular complexity index is 945. The Balaban J connectivity index is 1.93. The minimum absolute atomic E-state index is 0.0458. The highest BCUT2D eigenvalue weighted by Crippen LogP contribution is 2.26. The van der Waals surface area contributed by atoms with Crippen molar-refractivity contribution in [3.63, 3.8) is 0 Å². The van der Waals surface area contributed by atoms with Crippen LogP contribution in [0, 0.1) is 6.92 Å². The first-order chi connectivity index (χ1) is 12.7. The number of nitrogens with zero attached hydrogens (tertiary/aromatic N) is 1. The van der Waals surface area contributed by atoms with Crippen molar-refractivity contribution in [2.45, 2.75) is 32.9 Å². The first kappa shape index (κ1) is 19.2. The van der Waals surface area contributed by atoms with Gasteiger partial charge in [0.2, 0.25) is 0 Å². The summed E-state index contributed by atoms with van der Waals surface area (Å²) in [6, 6.07) is 13.9. The van der Waals surface area contributed by atoms with Crippen LogP contribution in [0.2, 0.25) is 0 Å². The maximum Gasteiger partial charge on any atom is 0.258 e. The zero-order valence-electron chi connectivity index (χ0n) is 15.6. The molecule has 6 heteroatoms. The number of anilines is 1. The third-order valence-corrected chi connectivity index (χ3v) is 5.62. The van der Waals surface area contributed by atoms with Gasteiger partial charge >= 0.3 is 0 Å². The summed E-state index contributed by atoms with van der Waals surface area (Å²) < 4.78 is 29.4. The maximum atomic E-state index is 13.2. The van der Waals surface area contributed by atoms with Gasteiger partial charge in [-0.1, -0.05) is 17.7 Å². The number of rotatable bonds is 5. The Morgan fingerprint density at radius 2 is 1.70 bits per heavy atom. The summed E-state index contributed by atoms with van der Waals surface area (Å²) in [7, 11) is -3.29. The molecule has 0 bridgehead atoms. The molecule has 1 amide bonds. The topological polar surface area (TPSA) is 63.7 Å². The summed E-state index contributed by atoms with van der Waals surface area (Å²) in [5.41, 5.74) is 2.21. The number of benzene rings is 2. The predicted molar refractivity (Wildman–Crippen MR) is 107 cm³/mol. The van der Waals surface area contributed by atoms with Gasteiger partial charge in [0.1, 0.15) is 5.75 Å². The Labute approximate surface area is 160 Å². The van der Waals surface area contributed by atoms with Gasteiger partial charge in [-0.05, 0) is 63.2 Å². The van der Waals surface area contributed by atoms with Gasteiger partial charge in [0, 0.05) is 16.7 Å². The number of ether oxygens (including phenoxy) is 1. The average Bonchev–Trinajstić information content (AvgIpc) is 2.96. The highest BCUT2D eigenvalue weighted by Gasteiger charge is 2.32. The summed E-state index contributed by atoms with van der Waals surface area (Å²) >= 11 is 0. The van der Waals surface area contributed by atoms with Crippen molar-refractivity contribution in [1.29, 1.82) is 0 Å². The van der Waals surface area contributed by atoms with E-state index >= 15 is 0 Å². The number of carbonyl (C=O) groups is 1. The fourth-order valence-corrected chi connectivity index (χ4v) is 4.24. The highest BCUT2D eigenvalue weighted by molar-refractivity contribution is 7.94. The van der Waals surface area contributed by atoms with Crippen molar-refractivity contribution in [3.8, 4) is 5.75 Å². The molecule has 0 saturated heterocycles. The van der Waals surface area contributed by atoms with E-state index in [0.717, 1.165) is 5.56 Å². The molecule has 0 N–H and O–H groups in total. The highest BCUT2D eigenvalue weighted by atomic mass is 32.2. The number of sulfone groups is 1. The normalized spacial score (nSPS) is 17.9. The molecule has 0 aromatic heterocycles. The summed E-state index contributed by atoms with van der Waals surface area (Å²) in [5, 5.41) is 1.19. The van der Waals surface area contributed by atoms with Crippen molar-refractivity contribution >= 4 is 21.4 Å². The van der Waals surface area contributed by atoms with Gasteiger partial charge in [0.25, 0.3) is 5.91 Å². The maximum absolute atomic E-state index is 13.2. The van der Waals surface area contributed by atoms with Crippen LogP contribution in [0.4, 0.5) is 5.69 Å². The number of hydrogen-bond donors (Lipinski definition) is 0. The third-order valence-electron chi connectivity index (χ3n) is 4.25. The smallest absolute Gasteiger partial charge is 0.258 e. The minimum Gasteiger partial charge on any atom is -0.491 e. The molecule has 1 heterocycles. The molecule has 2 aromatic rings. The van der Waals surface area contributed by atoms with Crippen LogP contribution in [0.3, 0.4) is 0 Å². The van der Waals surface area contributed by atoms with Crippen LogP contribution in [-0.2, 0) is 9.84 Å². The van der Waals surface area contributed by atoms with E-state index in [1.165, 1.54) is 5.41 Å². The summed E-state index contributed by atoms with van der Waals surface area (Å²) in [4.78, 5) is 14.8. The molecule has 27 heavy (non-hydrogen) atoms. The van der Waals surface area contributed by atoms with Crippen LogP contribution in [0.5, 0.6) is 5.75 Å².